The molecule has 0 N–H and O–H groups in total. The molecule has 2 nitrogen and oxygen atoms in total. The van der Waals surface area contributed by atoms with Crippen molar-refractivity contribution in [2.24, 2.45) is 5.41 Å². The number of benzene rings is 1. The van der Waals surface area contributed by atoms with Crippen LogP contribution in [0.4, 0.5) is 0 Å². The van der Waals surface area contributed by atoms with Gasteiger partial charge in [-0.3, -0.25) is 4.21 Å². The van der Waals surface area contributed by atoms with Crippen LogP contribution in [-0.4, -0.2) is 9.96 Å². The maximum Gasteiger partial charge on any atom is 0.0627 e. The maximum atomic E-state index is 12.0. The molecule has 0 radical (unpaired) electrons. The van der Waals surface area contributed by atoms with Gasteiger partial charge in [0.15, 0.2) is 0 Å². The molecular weight excluding hydrogens is 206 g/mol. The van der Waals surface area contributed by atoms with E-state index in [9.17, 15) is 4.21 Å². The average Bonchev–Trinajstić information content (AvgIpc) is 3.00. The van der Waals surface area contributed by atoms with Crippen LogP contribution >= 0.6 is 0 Å². The van der Waals surface area contributed by atoms with Crippen molar-refractivity contribution in [1.29, 1.82) is 5.26 Å². The molecule has 0 saturated heterocycles. The van der Waals surface area contributed by atoms with E-state index < -0.39 is 10.8 Å². The van der Waals surface area contributed by atoms with Gasteiger partial charge in [-0.25, -0.2) is 0 Å². The first-order valence-electron chi connectivity index (χ1n) is 5.06. The zero-order chi connectivity index (χ0) is 10.7. The summed E-state index contributed by atoms with van der Waals surface area (Å²) in [6.07, 6.45) is 2.66. The molecule has 1 aliphatic carbocycles. The molecule has 0 heterocycles. The fourth-order valence-electron chi connectivity index (χ4n) is 1.65. The van der Waals surface area contributed by atoms with Crippen molar-refractivity contribution in [3.05, 3.63) is 30.3 Å². The van der Waals surface area contributed by atoms with Crippen LogP contribution in [0.5, 0.6) is 0 Å². The first-order valence-corrected chi connectivity index (χ1v) is 6.38. The van der Waals surface area contributed by atoms with Crippen molar-refractivity contribution in [3.63, 3.8) is 0 Å². The summed E-state index contributed by atoms with van der Waals surface area (Å²) in [7, 11) is -0.943. The molecule has 3 heteroatoms. The van der Waals surface area contributed by atoms with Crippen LogP contribution in [0, 0.1) is 16.7 Å². The predicted octanol–water partition coefficient (Wildman–Crippen LogP) is 2.49. The Bertz CT molecular complexity index is 403. The summed E-state index contributed by atoms with van der Waals surface area (Å²) < 4.78 is 12.0. The summed E-state index contributed by atoms with van der Waals surface area (Å²) in [6.45, 7) is 0. The highest BCUT2D eigenvalue weighted by molar-refractivity contribution is 7.85. The van der Waals surface area contributed by atoms with Crippen molar-refractivity contribution < 1.29 is 4.21 Å². The lowest BCUT2D eigenvalue weighted by Crippen LogP contribution is -2.11. The summed E-state index contributed by atoms with van der Waals surface area (Å²) in [5.74, 6) is 0.643. The van der Waals surface area contributed by atoms with E-state index in [4.69, 9.17) is 5.26 Å². The molecule has 78 valence electrons. The molecule has 2 rings (SSSR count). The molecule has 1 aliphatic rings. The SMILES string of the molecule is N#CCC1(CS(=O)c2ccccc2)CC1. The van der Waals surface area contributed by atoms with Crippen molar-refractivity contribution in [2.45, 2.75) is 24.2 Å². The Morgan fingerprint density at radius 3 is 2.53 bits per heavy atom. The second kappa shape index (κ2) is 4.16. The summed E-state index contributed by atoms with van der Waals surface area (Å²) in [4.78, 5) is 0.877. The van der Waals surface area contributed by atoms with Crippen LogP contribution in [0.25, 0.3) is 0 Å². The van der Waals surface area contributed by atoms with Crippen molar-refractivity contribution in [2.75, 3.05) is 5.75 Å². The Balaban J connectivity index is 2.02. The molecule has 0 aliphatic heterocycles. The molecular formula is C12H13NOS. The van der Waals surface area contributed by atoms with E-state index in [-0.39, 0.29) is 5.41 Å². The average molecular weight is 219 g/mol. The van der Waals surface area contributed by atoms with Crippen LogP contribution in [0.1, 0.15) is 19.3 Å². The summed E-state index contributed by atoms with van der Waals surface area (Å²) >= 11 is 0. The fourth-order valence-corrected chi connectivity index (χ4v) is 3.22. The smallest absolute Gasteiger partial charge is 0.0627 e. The molecule has 1 atom stereocenters. The topological polar surface area (TPSA) is 40.9 Å². The molecule has 0 spiro atoms. The largest absolute Gasteiger partial charge is 0.254 e. The third-order valence-electron chi connectivity index (χ3n) is 2.85. The van der Waals surface area contributed by atoms with Crippen molar-refractivity contribution in [3.8, 4) is 6.07 Å². The minimum absolute atomic E-state index is 0.0649. The molecule has 15 heavy (non-hydrogen) atoms. The van der Waals surface area contributed by atoms with Gasteiger partial charge in [0, 0.05) is 17.1 Å². The van der Waals surface area contributed by atoms with E-state index in [0.29, 0.717) is 12.2 Å². The van der Waals surface area contributed by atoms with Crippen LogP contribution in [-0.2, 0) is 10.8 Å². The number of nitrogens with zero attached hydrogens (tertiary/aromatic N) is 1. The van der Waals surface area contributed by atoms with Gasteiger partial charge >= 0.3 is 0 Å². The second-order valence-corrected chi connectivity index (χ2v) is 5.59. The third kappa shape index (κ3) is 2.45. The van der Waals surface area contributed by atoms with E-state index in [0.717, 1.165) is 17.7 Å². The molecule has 1 fully saturated rings. The number of hydrogen-bond donors (Lipinski definition) is 0. The van der Waals surface area contributed by atoms with Gasteiger partial charge in [-0.1, -0.05) is 18.2 Å². The Morgan fingerprint density at radius 1 is 1.33 bits per heavy atom. The summed E-state index contributed by atoms with van der Waals surface area (Å²) in [6, 6.07) is 11.7. The monoisotopic (exact) mass is 219 g/mol. The van der Waals surface area contributed by atoms with Crippen LogP contribution in [0.2, 0.25) is 0 Å². The fraction of sp³-hybridized carbons (Fsp3) is 0.417. The van der Waals surface area contributed by atoms with Gasteiger partial charge in [0.2, 0.25) is 0 Å². The lowest BCUT2D eigenvalue weighted by atomic mass is 10.1. The molecule has 0 aromatic heterocycles. The highest BCUT2D eigenvalue weighted by atomic mass is 32.2. The van der Waals surface area contributed by atoms with Gasteiger partial charge in [-0.15, -0.1) is 0 Å². The Hall–Kier alpha value is -1.14. The van der Waals surface area contributed by atoms with Gasteiger partial charge in [-0.2, -0.15) is 5.26 Å². The molecule has 1 aromatic carbocycles. The highest BCUT2D eigenvalue weighted by Gasteiger charge is 2.43. The highest BCUT2D eigenvalue weighted by Crippen LogP contribution is 2.49. The predicted molar refractivity (Wildman–Crippen MR) is 59.6 cm³/mol. The Kier molecular flexibility index (Phi) is 2.88. The quantitative estimate of drug-likeness (QED) is 0.780. The second-order valence-electron chi connectivity index (χ2n) is 4.14. The minimum atomic E-state index is -0.943. The molecule has 1 unspecified atom stereocenters. The minimum Gasteiger partial charge on any atom is -0.254 e. The van der Waals surface area contributed by atoms with Gasteiger partial charge in [0.05, 0.1) is 16.9 Å². The van der Waals surface area contributed by atoms with E-state index in [1.54, 1.807) is 0 Å². The number of rotatable bonds is 4. The lowest BCUT2D eigenvalue weighted by molar-refractivity contribution is 0.587. The third-order valence-corrected chi connectivity index (χ3v) is 4.53. The van der Waals surface area contributed by atoms with Gasteiger partial charge in [-0.05, 0) is 30.4 Å². The molecule has 0 amide bonds. The molecule has 0 bridgehead atoms. The summed E-state index contributed by atoms with van der Waals surface area (Å²) in [5.41, 5.74) is 0.0649. The normalized spacial score (nSPS) is 19.1. The summed E-state index contributed by atoms with van der Waals surface area (Å²) in [5, 5.41) is 8.68. The first-order chi connectivity index (χ1) is 7.26. The van der Waals surface area contributed by atoms with E-state index >= 15 is 0 Å². The molecule has 1 aromatic rings. The zero-order valence-corrected chi connectivity index (χ0v) is 9.30. The van der Waals surface area contributed by atoms with Crippen molar-refractivity contribution in [1.82, 2.24) is 0 Å². The Labute approximate surface area is 92.4 Å². The van der Waals surface area contributed by atoms with Crippen LogP contribution in [0.3, 0.4) is 0 Å². The standard InChI is InChI=1S/C12H13NOS/c13-9-8-12(6-7-12)10-15(14)11-4-2-1-3-5-11/h1-5H,6-8,10H2. The molecule has 1 saturated carbocycles. The Morgan fingerprint density at radius 2 is 2.00 bits per heavy atom. The van der Waals surface area contributed by atoms with Crippen LogP contribution in [0.15, 0.2) is 35.2 Å². The van der Waals surface area contributed by atoms with Gasteiger partial charge in [0.25, 0.3) is 0 Å². The van der Waals surface area contributed by atoms with Gasteiger partial charge in [0.1, 0.15) is 0 Å². The van der Waals surface area contributed by atoms with E-state index in [1.165, 1.54) is 0 Å². The zero-order valence-electron chi connectivity index (χ0n) is 8.48. The van der Waals surface area contributed by atoms with Crippen molar-refractivity contribution >= 4 is 10.8 Å². The number of hydrogen-bond acceptors (Lipinski definition) is 2. The number of nitriles is 1. The lowest BCUT2D eigenvalue weighted by Gasteiger charge is -2.09. The van der Waals surface area contributed by atoms with Crippen LogP contribution < -0.4 is 0 Å². The van der Waals surface area contributed by atoms with Gasteiger partial charge < -0.3 is 0 Å². The van der Waals surface area contributed by atoms with E-state index in [2.05, 4.69) is 6.07 Å². The van der Waals surface area contributed by atoms with E-state index in [1.807, 2.05) is 30.3 Å². The first kappa shape index (κ1) is 10.4. The maximum absolute atomic E-state index is 12.0.